The molecule has 0 nitrogen and oxygen atoms in total. The van der Waals surface area contributed by atoms with Crippen LogP contribution in [0.4, 0.5) is 0 Å². The van der Waals surface area contributed by atoms with E-state index in [9.17, 15) is 0 Å². The zero-order valence-corrected chi connectivity index (χ0v) is 10.9. The van der Waals surface area contributed by atoms with E-state index >= 15 is 0 Å². The highest BCUT2D eigenvalue weighted by Crippen LogP contribution is 2.21. The summed E-state index contributed by atoms with van der Waals surface area (Å²) in [4.78, 5) is 0. The molecule has 0 radical (unpaired) electrons. The van der Waals surface area contributed by atoms with E-state index in [1.165, 1.54) is 16.7 Å². The van der Waals surface area contributed by atoms with Crippen molar-refractivity contribution in [3.63, 3.8) is 0 Å². The Hall–Kier alpha value is -2.04. The fraction of sp³-hybridized carbons (Fsp3) is 0.167. The Balaban J connectivity index is 2.40. The quantitative estimate of drug-likeness (QED) is 0.653. The maximum Gasteiger partial charge on any atom is 0.00377 e. The van der Waals surface area contributed by atoms with Gasteiger partial charge in [-0.25, -0.2) is 0 Å². The molecule has 0 unspecified atom stereocenters. The summed E-state index contributed by atoms with van der Waals surface area (Å²) in [6, 6.07) is 20.8. The highest BCUT2D eigenvalue weighted by atomic mass is 14.1. The molecule has 0 aromatic heterocycles. The summed E-state index contributed by atoms with van der Waals surface area (Å²) in [6.07, 6.45) is 2.06. The van der Waals surface area contributed by atoms with Crippen molar-refractivity contribution in [1.29, 1.82) is 0 Å². The third-order valence-corrected chi connectivity index (χ3v) is 2.86. The molecule has 0 heterocycles. The van der Waals surface area contributed by atoms with Gasteiger partial charge in [0.2, 0.25) is 0 Å². The topological polar surface area (TPSA) is 0 Å². The third-order valence-electron chi connectivity index (χ3n) is 2.86. The summed E-state index contributed by atoms with van der Waals surface area (Å²) < 4.78 is 0. The lowest BCUT2D eigenvalue weighted by atomic mass is 9.96. The van der Waals surface area contributed by atoms with Crippen molar-refractivity contribution in [2.24, 2.45) is 5.92 Å². The van der Waals surface area contributed by atoms with Crippen LogP contribution in [0.3, 0.4) is 0 Å². The van der Waals surface area contributed by atoms with Crippen molar-refractivity contribution >= 4 is 11.6 Å². The van der Waals surface area contributed by atoms with Crippen molar-refractivity contribution in [2.45, 2.75) is 13.8 Å². The normalized spacial score (nSPS) is 9.94. The zero-order chi connectivity index (χ0) is 12.8. The molecule has 0 N–H and O–H groups in total. The number of hydrogen-bond donors (Lipinski definition) is 0. The predicted molar refractivity (Wildman–Crippen MR) is 79.1 cm³/mol. The van der Waals surface area contributed by atoms with Crippen molar-refractivity contribution in [1.82, 2.24) is 0 Å². The van der Waals surface area contributed by atoms with E-state index in [4.69, 9.17) is 0 Å². The second-order valence-electron chi connectivity index (χ2n) is 4.63. The molecule has 2 aromatic rings. The fourth-order valence-electron chi connectivity index (χ4n) is 1.91. The van der Waals surface area contributed by atoms with E-state index in [2.05, 4.69) is 62.1 Å². The van der Waals surface area contributed by atoms with Gasteiger partial charge in [0.25, 0.3) is 0 Å². The first-order chi connectivity index (χ1) is 8.77. The molecule has 90 valence electrons. The van der Waals surface area contributed by atoms with Crippen LogP contribution in [0, 0.1) is 5.92 Å². The molecule has 2 aromatic carbocycles. The molecule has 0 atom stereocenters. The molecule has 0 aliphatic carbocycles. The van der Waals surface area contributed by atoms with Crippen LogP contribution in [0.25, 0.3) is 11.6 Å². The van der Waals surface area contributed by atoms with Gasteiger partial charge in [0, 0.05) is 5.57 Å². The Morgan fingerprint density at radius 3 is 2.00 bits per heavy atom. The van der Waals surface area contributed by atoms with E-state index in [-0.39, 0.29) is 0 Å². The van der Waals surface area contributed by atoms with Crippen molar-refractivity contribution in [2.75, 3.05) is 0 Å². The number of rotatable bonds is 3. The molecule has 2 rings (SSSR count). The molecule has 0 fully saturated rings. The van der Waals surface area contributed by atoms with Crippen molar-refractivity contribution in [3.05, 3.63) is 77.5 Å². The summed E-state index contributed by atoms with van der Waals surface area (Å²) in [5.74, 6) is 0.465. The molecule has 0 heteroatoms. The molecule has 0 amide bonds. The maximum atomic E-state index is 3.44. The third kappa shape index (κ3) is 3.23. The van der Waals surface area contributed by atoms with Crippen LogP contribution in [-0.2, 0) is 0 Å². The summed E-state index contributed by atoms with van der Waals surface area (Å²) in [5, 5.41) is 0. The van der Waals surface area contributed by atoms with E-state index in [0.717, 1.165) is 0 Å². The summed E-state index contributed by atoms with van der Waals surface area (Å²) >= 11 is 0. The van der Waals surface area contributed by atoms with Crippen molar-refractivity contribution in [3.8, 4) is 0 Å². The summed E-state index contributed by atoms with van der Waals surface area (Å²) in [6.45, 7) is 4.41. The molecular weight excluding hydrogens is 216 g/mol. The number of allylic oxidation sites excluding steroid dienone is 1. The van der Waals surface area contributed by atoms with Gasteiger partial charge in [0.05, 0.1) is 0 Å². The number of benzene rings is 2. The minimum absolute atomic E-state index is 0.465. The molecule has 0 bridgehead atoms. The highest BCUT2D eigenvalue weighted by molar-refractivity contribution is 5.70. The second-order valence-corrected chi connectivity index (χ2v) is 4.63. The first kappa shape index (κ1) is 12.4. The Kier molecular flexibility index (Phi) is 4.17. The maximum absolute atomic E-state index is 3.44. The SMILES string of the molecule is CC(C)C(=C=Cc1ccccc1)c1ccccc1. The van der Waals surface area contributed by atoms with Gasteiger partial charge in [-0.3, -0.25) is 0 Å². The Morgan fingerprint density at radius 1 is 0.889 bits per heavy atom. The van der Waals surface area contributed by atoms with Gasteiger partial charge in [0.15, 0.2) is 0 Å². The Labute approximate surface area is 109 Å². The van der Waals surface area contributed by atoms with E-state index < -0.39 is 0 Å². The first-order valence-electron chi connectivity index (χ1n) is 6.34. The molecule has 0 aliphatic rings. The number of hydrogen-bond acceptors (Lipinski definition) is 0. The van der Waals surface area contributed by atoms with Gasteiger partial charge in [-0.1, -0.05) is 74.5 Å². The average Bonchev–Trinajstić information content (AvgIpc) is 2.41. The summed E-state index contributed by atoms with van der Waals surface area (Å²) in [5.41, 5.74) is 7.13. The first-order valence-corrected chi connectivity index (χ1v) is 6.34. The average molecular weight is 234 g/mol. The van der Waals surface area contributed by atoms with Gasteiger partial charge in [-0.15, -0.1) is 5.73 Å². The minimum Gasteiger partial charge on any atom is -0.116 e. The van der Waals surface area contributed by atoms with Gasteiger partial charge in [-0.05, 0) is 23.1 Å². The molecule has 0 aliphatic heterocycles. The van der Waals surface area contributed by atoms with Gasteiger partial charge in [0.1, 0.15) is 0 Å². The molecule has 0 saturated heterocycles. The van der Waals surface area contributed by atoms with E-state index in [0.29, 0.717) is 5.92 Å². The van der Waals surface area contributed by atoms with Crippen LogP contribution in [0.1, 0.15) is 25.0 Å². The van der Waals surface area contributed by atoms with Crippen molar-refractivity contribution < 1.29 is 0 Å². The second kappa shape index (κ2) is 6.05. The Morgan fingerprint density at radius 2 is 1.44 bits per heavy atom. The summed E-state index contributed by atoms with van der Waals surface area (Å²) in [7, 11) is 0. The van der Waals surface area contributed by atoms with Crippen LogP contribution < -0.4 is 0 Å². The van der Waals surface area contributed by atoms with Gasteiger partial charge >= 0.3 is 0 Å². The van der Waals surface area contributed by atoms with E-state index in [1.807, 2.05) is 24.3 Å². The monoisotopic (exact) mass is 234 g/mol. The van der Waals surface area contributed by atoms with Gasteiger partial charge < -0.3 is 0 Å². The lowest BCUT2D eigenvalue weighted by molar-refractivity contribution is 0.857. The Bertz CT molecular complexity index is 541. The van der Waals surface area contributed by atoms with Crippen LogP contribution in [0.5, 0.6) is 0 Å². The molecule has 0 spiro atoms. The van der Waals surface area contributed by atoms with Crippen LogP contribution in [0.2, 0.25) is 0 Å². The van der Waals surface area contributed by atoms with Crippen LogP contribution in [-0.4, -0.2) is 0 Å². The largest absolute Gasteiger partial charge is 0.116 e. The molecular formula is C18H18. The van der Waals surface area contributed by atoms with Crippen LogP contribution >= 0.6 is 0 Å². The van der Waals surface area contributed by atoms with Gasteiger partial charge in [-0.2, -0.15) is 0 Å². The fourth-order valence-corrected chi connectivity index (χ4v) is 1.91. The smallest absolute Gasteiger partial charge is 0.00377 e. The molecule has 0 saturated carbocycles. The zero-order valence-electron chi connectivity index (χ0n) is 10.9. The lowest BCUT2D eigenvalue weighted by Crippen LogP contribution is -1.91. The highest BCUT2D eigenvalue weighted by Gasteiger charge is 2.04. The van der Waals surface area contributed by atoms with Crippen LogP contribution in [0.15, 0.2) is 66.4 Å². The minimum atomic E-state index is 0.465. The van der Waals surface area contributed by atoms with E-state index in [1.54, 1.807) is 0 Å². The predicted octanol–water partition coefficient (Wildman–Crippen LogP) is 5.04. The lowest BCUT2D eigenvalue weighted by Gasteiger charge is -2.08. The standard InChI is InChI=1S/C18H18/c1-15(2)18(17-11-7-4-8-12-17)14-13-16-9-5-3-6-10-16/h3-13,15H,1-2H3. The molecule has 18 heavy (non-hydrogen) atoms.